The average Bonchev–Trinajstić information content (AvgIpc) is 2.26. The molecule has 0 bridgehead atoms. The lowest BCUT2D eigenvalue weighted by Crippen LogP contribution is -1.84. The Balaban J connectivity index is 1.96. The van der Waals surface area contributed by atoms with E-state index in [1.807, 2.05) is 0 Å². The molecule has 0 spiro atoms. The van der Waals surface area contributed by atoms with E-state index in [-0.39, 0.29) is 23.0 Å². The molecule has 0 radical (unpaired) electrons. The second kappa shape index (κ2) is 5.75. The number of benzene rings is 2. The smallest absolute Gasteiger partial charge is 0.119 e. The Labute approximate surface area is 115 Å². The minimum atomic E-state index is 0.0330. The molecule has 5 heteroatoms. The molecule has 4 nitrogen and oxygen atoms in total. The molecule has 2 rings (SSSR count). The van der Waals surface area contributed by atoms with Gasteiger partial charge < -0.3 is 20.4 Å². The number of hydrogen-bond acceptors (Lipinski definition) is 5. The molecule has 0 heterocycles. The Bertz CT molecular complexity index is 492. The van der Waals surface area contributed by atoms with Gasteiger partial charge in [0.05, 0.1) is 0 Å². The van der Waals surface area contributed by atoms with E-state index in [4.69, 9.17) is 0 Å². The maximum Gasteiger partial charge on any atom is 0.119 e. The van der Waals surface area contributed by atoms with Gasteiger partial charge in [-0.25, -0.2) is 0 Å². The van der Waals surface area contributed by atoms with Crippen molar-refractivity contribution in [1.29, 1.82) is 0 Å². The van der Waals surface area contributed by atoms with Gasteiger partial charge in [0.1, 0.15) is 23.0 Å². The molecule has 0 amide bonds. The molecule has 0 aliphatic heterocycles. The van der Waals surface area contributed by atoms with Crippen LogP contribution in [-0.2, 0) is 11.5 Å². The second-order valence-corrected chi connectivity index (χ2v) is 5.19. The summed E-state index contributed by atoms with van der Waals surface area (Å²) >= 11 is 1.55. The molecule has 0 unspecified atom stereocenters. The Morgan fingerprint density at radius 1 is 0.579 bits per heavy atom. The molecule has 4 N–H and O–H groups in total. The van der Waals surface area contributed by atoms with E-state index in [1.165, 1.54) is 12.1 Å². The van der Waals surface area contributed by atoms with Crippen LogP contribution in [0.1, 0.15) is 11.1 Å². The Kier molecular flexibility index (Phi) is 4.06. The van der Waals surface area contributed by atoms with Gasteiger partial charge in [0.2, 0.25) is 0 Å². The molecule has 0 aromatic heterocycles. The molecular formula is C14H14O4S. The van der Waals surface area contributed by atoms with E-state index in [0.717, 1.165) is 11.1 Å². The van der Waals surface area contributed by atoms with Crippen LogP contribution in [0.5, 0.6) is 23.0 Å². The van der Waals surface area contributed by atoms with Crippen molar-refractivity contribution in [2.75, 3.05) is 0 Å². The van der Waals surface area contributed by atoms with Crippen LogP contribution >= 0.6 is 11.8 Å². The van der Waals surface area contributed by atoms with Crippen molar-refractivity contribution in [3.05, 3.63) is 47.5 Å². The number of phenols is 4. The number of phenolic OH excluding ortho intramolecular Hbond substituents is 4. The lowest BCUT2D eigenvalue weighted by molar-refractivity contribution is 0.448. The highest BCUT2D eigenvalue weighted by Crippen LogP contribution is 2.27. The summed E-state index contributed by atoms with van der Waals surface area (Å²) in [5.74, 6) is 1.35. The summed E-state index contributed by atoms with van der Waals surface area (Å²) in [6, 6.07) is 8.92. The van der Waals surface area contributed by atoms with Gasteiger partial charge in [0.15, 0.2) is 0 Å². The molecule has 0 aliphatic rings. The molecule has 0 aliphatic carbocycles. The van der Waals surface area contributed by atoms with Crippen molar-refractivity contribution in [2.45, 2.75) is 11.5 Å². The van der Waals surface area contributed by atoms with Crippen LogP contribution < -0.4 is 0 Å². The summed E-state index contributed by atoms with van der Waals surface area (Å²) in [7, 11) is 0. The van der Waals surface area contributed by atoms with E-state index in [9.17, 15) is 20.4 Å². The highest BCUT2D eigenvalue weighted by molar-refractivity contribution is 7.97. The fraction of sp³-hybridized carbons (Fsp3) is 0.143. The highest BCUT2D eigenvalue weighted by Gasteiger charge is 2.02. The fourth-order valence-electron chi connectivity index (χ4n) is 1.77. The van der Waals surface area contributed by atoms with Crippen LogP contribution in [-0.4, -0.2) is 20.4 Å². The molecule has 0 fully saturated rings. The fourth-order valence-corrected chi connectivity index (χ4v) is 2.67. The van der Waals surface area contributed by atoms with E-state index < -0.39 is 0 Å². The molecule has 2 aromatic carbocycles. The minimum Gasteiger partial charge on any atom is -0.508 e. The summed E-state index contributed by atoms with van der Waals surface area (Å²) in [6.07, 6.45) is 0. The molecule has 2 aromatic rings. The van der Waals surface area contributed by atoms with Crippen LogP contribution in [0.4, 0.5) is 0 Å². The number of thioether (sulfide) groups is 1. The van der Waals surface area contributed by atoms with E-state index in [2.05, 4.69) is 0 Å². The Hall–Kier alpha value is -2.01. The van der Waals surface area contributed by atoms with Gasteiger partial charge in [0, 0.05) is 23.6 Å². The molecule has 19 heavy (non-hydrogen) atoms. The number of rotatable bonds is 4. The summed E-state index contributed by atoms with van der Waals surface area (Å²) < 4.78 is 0. The van der Waals surface area contributed by atoms with Gasteiger partial charge in [-0.2, -0.15) is 11.8 Å². The van der Waals surface area contributed by atoms with E-state index in [0.29, 0.717) is 11.5 Å². The van der Waals surface area contributed by atoms with Crippen molar-refractivity contribution in [3.63, 3.8) is 0 Å². The zero-order valence-electron chi connectivity index (χ0n) is 10.1. The Morgan fingerprint density at radius 3 is 1.21 bits per heavy atom. The van der Waals surface area contributed by atoms with Gasteiger partial charge in [-0.15, -0.1) is 0 Å². The van der Waals surface area contributed by atoms with Gasteiger partial charge in [-0.3, -0.25) is 0 Å². The van der Waals surface area contributed by atoms with Gasteiger partial charge in [-0.05, 0) is 35.4 Å². The van der Waals surface area contributed by atoms with Gasteiger partial charge in [0.25, 0.3) is 0 Å². The third-order valence-electron chi connectivity index (χ3n) is 2.46. The summed E-state index contributed by atoms with van der Waals surface area (Å²) in [5.41, 5.74) is 1.62. The van der Waals surface area contributed by atoms with E-state index in [1.54, 1.807) is 36.0 Å². The summed E-state index contributed by atoms with van der Waals surface area (Å²) in [6.45, 7) is 0. The van der Waals surface area contributed by atoms with Crippen molar-refractivity contribution >= 4 is 11.8 Å². The zero-order chi connectivity index (χ0) is 13.8. The third kappa shape index (κ3) is 3.99. The standard InChI is InChI=1S/C14H14O4S/c15-11-1-9(2-12(16)5-11)7-19-8-10-3-13(17)6-14(18)4-10/h1-6,15-18H,7-8H2. The first-order chi connectivity index (χ1) is 9.02. The van der Waals surface area contributed by atoms with Gasteiger partial charge in [-0.1, -0.05) is 0 Å². The van der Waals surface area contributed by atoms with Crippen LogP contribution in [0, 0.1) is 0 Å². The van der Waals surface area contributed by atoms with Crippen LogP contribution in [0.15, 0.2) is 36.4 Å². The van der Waals surface area contributed by atoms with Crippen LogP contribution in [0.25, 0.3) is 0 Å². The summed E-state index contributed by atoms with van der Waals surface area (Å²) in [4.78, 5) is 0. The molecular weight excluding hydrogens is 264 g/mol. The third-order valence-corrected chi connectivity index (χ3v) is 3.54. The maximum absolute atomic E-state index is 9.35. The first kappa shape index (κ1) is 13.4. The lowest BCUT2D eigenvalue weighted by Gasteiger charge is -2.05. The normalized spacial score (nSPS) is 10.5. The van der Waals surface area contributed by atoms with Crippen LogP contribution in [0.3, 0.4) is 0 Å². The quantitative estimate of drug-likeness (QED) is 0.691. The second-order valence-electron chi connectivity index (χ2n) is 4.21. The largest absolute Gasteiger partial charge is 0.508 e. The van der Waals surface area contributed by atoms with Crippen molar-refractivity contribution in [3.8, 4) is 23.0 Å². The first-order valence-corrected chi connectivity index (χ1v) is 6.80. The minimum absolute atomic E-state index is 0.0330. The highest BCUT2D eigenvalue weighted by atomic mass is 32.2. The topological polar surface area (TPSA) is 80.9 Å². The Morgan fingerprint density at radius 2 is 0.895 bits per heavy atom. The van der Waals surface area contributed by atoms with Crippen molar-refractivity contribution < 1.29 is 20.4 Å². The molecule has 100 valence electrons. The van der Waals surface area contributed by atoms with E-state index >= 15 is 0 Å². The SMILES string of the molecule is Oc1cc(O)cc(CSCc2cc(O)cc(O)c2)c1. The number of aromatic hydroxyl groups is 4. The summed E-state index contributed by atoms with van der Waals surface area (Å²) in [5, 5.41) is 37.4. The lowest BCUT2D eigenvalue weighted by atomic mass is 10.2. The maximum atomic E-state index is 9.35. The molecule has 0 atom stereocenters. The molecule has 0 saturated heterocycles. The predicted molar refractivity (Wildman–Crippen MR) is 74.5 cm³/mol. The van der Waals surface area contributed by atoms with Gasteiger partial charge >= 0.3 is 0 Å². The van der Waals surface area contributed by atoms with Crippen molar-refractivity contribution in [1.82, 2.24) is 0 Å². The number of hydrogen-bond donors (Lipinski definition) is 4. The average molecular weight is 278 g/mol. The monoisotopic (exact) mass is 278 g/mol. The first-order valence-electron chi connectivity index (χ1n) is 5.64. The zero-order valence-corrected chi connectivity index (χ0v) is 10.9. The van der Waals surface area contributed by atoms with Crippen molar-refractivity contribution in [2.24, 2.45) is 0 Å². The molecule has 0 saturated carbocycles. The van der Waals surface area contributed by atoms with Crippen LogP contribution in [0.2, 0.25) is 0 Å². The predicted octanol–water partition coefficient (Wildman–Crippen LogP) is 2.94.